The molecule has 39 heavy (non-hydrogen) atoms. The molecule has 0 spiro atoms. The molecule has 2 aliphatic rings. The molecule has 0 saturated carbocycles. The van der Waals surface area contributed by atoms with E-state index in [1.165, 1.54) is 19.2 Å². The summed E-state index contributed by atoms with van der Waals surface area (Å²) in [6.45, 7) is 3.08. The first-order chi connectivity index (χ1) is 18.3. The molecule has 1 aromatic carbocycles. The zero-order valence-corrected chi connectivity index (χ0v) is 21.0. The van der Waals surface area contributed by atoms with Gasteiger partial charge in [0.05, 0.1) is 19.3 Å². The first-order valence-corrected chi connectivity index (χ1v) is 12.1. The van der Waals surface area contributed by atoms with Crippen LogP contribution >= 0.6 is 0 Å². The van der Waals surface area contributed by atoms with E-state index >= 15 is 0 Å². The maximum Gasteiger partial charge on any atom is 0.417 e. The predicted octanol–water partition coefficient (Wildman–Crippen LogP) is 2.90. The summed E-state index contributed by atoms with van der Waals surface area (Å²) < 4.78 is 87.7. The minimum Gasteiger partial charge on any atom is -0.489 e. The zero-order valence-electron chi connectivity index (χ0n) is 21.0. The number of nitrogens with one attached hydrogen (secondary N) is 2. The van der Waals surface area contributed by atoms with Gasteiger partial charge in [-0.3, -0.25) is 14.6 Å². The molecule has 9 nitrogen and oxygen atoms in total. The molecule has 4 N–H and O–H groups in total. The van der Waals surface area contributed by atoms with Crippen LogP contribution in [-0.2, 0) is 14.3 Å². The van der Waals surface area contributed by atoms with Crippen LogP contribution in [0.3, 0.4) is 0 Å². The normalized spacial score (nSPS) is 25.3. The molecule has 2 aromatic rings. The van der Waals surface area contributed by atoms with Crippen molar-refractivity contribution < 1.29 is 45.8 Å². The third-order valence-corrected chi connectivity index (χ3v) is 7.07. The van der Waals surface area contributed by atoms with Crippen molar-refractivity contribution in [2.24, 2.45) is 11.7 Å². The van der Waals surface area contributed by atoms with Crippen molar-refractivity contribution in [2.75, 3.05) is 31.7 Å². The second-order valence-corrected chi connectivity index (χ2v) is 9.56. The Bertz CT molecular complexity index is 1240. The fraction of sp³-hybridized carbons (Fsp3) is 0.480. The Labute approximate surface area is 220 Å². The average molecular weight is 559 g/mol. The zero-order chi connectivity index (χ0) is 28.5. The molecular formula is C25H27F5N4O5. The van der Waals surface area contributed by atoms with E-state index in [0.717, 1.165) is 25.1 Å². The number of nitrogens with two attached hydrogens (primary N) is 1. The molecule has 14 heteroatoms. The maximum atomic E-state index is 15.0. The van der Waals surface area contributed by atoms with Crippen molar-refractivity contribution in [1.82, 2.24) is 10.3 Å². The topological polar surface area (TPSA) is 125 Å². The molecule has 3 heterocycles. The highest BCUT2D eigenvalue weighted by atomic mass is 19.4. The van der Waals surface area contributed by atoms with Gasteiger partial charge in [0.25, 0.3) is 11.8 Å². The molecule has 1 aromatic heterocycles. The summed E-state index contributed by atoms with van der Waals surface area (Å²) in [6.07, 6.45) is -5.53. The number of nitrogens with zero attached hydrogens (tertiary/aromatic N) is 1. The van der Waals surface area contributed by atoms with Gasteiger partial charge in [-0.05, 0) is 25.1 Å². The van der Waals surface area contributed by atoms with Crippen molar-refractivity contribution in [3.05, 3.63) is 53.4 Å². The smallest absolute Gasteiger partial charge is 0.417 e. The SMILES string of the molecule is C[C@H]1[C@@H](c2ccc(F)c(F)c2OCCNC2COC2)[C@H](C(=O)Nc2ccnc(C(N)=O)c2)O[C@@]1(C)C(F)(F)F. The molecule has 2 fully saturated rings. The number of hydrogen-bond donors (Lipinski definition) is 3. The lowest BCUT2D eigenvalue weighted by Gasteiger charge is -2.32. The largest absolute Gasteiger partial charge is 0.489 e. The standard InChI is InChI=1S/C25H27F5N4O5/c1-12-18(15-3-4-16(26)19(27)20(15)38-8-7-32-14-10-37-11-14)21(39-24(12,2)25(28,29)30)23(36)34-13-5-6-33-17(9-13)22(31)35/h3-6,9,12,14,18,21,32H,7-8,10-11H2,1-2H3,(H2,31,35)(H,33,34,36)/t12-,18-,21+,24+/m0/s1. The highest BCUT2D eigenvalue weighted by Crippen LogP contribution is 2.55. The fourth-order valence-electron chi connectivity index (χ4n) is 4.61. The number of primary amides is 1. The van der Waals surface area contributed by atoms with Crippen molar-refractivity contribution in [3.8, 4) is 5.75 Å². The van der Waals surface area contributed by atoms with E-state index in [-0.39, 0.29) is 36.1 Å². The first-order valence-electron chi connectivity index (χ1n) is 12.1. The summed E-state index contributed by atoms with van der Waals surface area (Å²) >= 11 is 0. The molecule has 2 amide bonds. The highest BCUT2D eigenvalue weighted by Gasteiger charge is 2.66. The number of carbonyl (C=O) groups excluding carboxylic acids is 2. The Balaban J connectivity index is 1.67. The van der Waals surface area contributed by atoms with Crippen LogP contribution in [-0.4, -0.2) is 67.1 Å². The quantitative estimate of drug-likeness (QED) is 0.319. The van der Waals surface area contributed by atoms with Gasteiger partial charge in [0.2, 0.25) is 5.82 Å². The molecule has 0 unspecified atom stereocenters. The van der Waals surface area contributed by atoms with Crippen molar-refractivity contribution in [3.63, 3.8) is 0 Å². The van der Waals surface area contributed by atoms with Crippen LogP contribution in [0.1, 0.15) is 35.8 Å². The Kier molecular flexibility index (Phi) is 8.09. The van der Waals surface area contributed by atoms with E-state index in [1.54, 1.807) is 0 Å². The molecule has 2 aliphatic heterocycles. The Hall–Kier alpha value is -3.36. The molecule has 212 valence electrons. The van der Waals surface area contributed by atoms with Gasteiger partial charge in [-0.15, -0.1) is 0 Å². The Morgan fingerprint density at radius 3 is 2.56 bits per heavy atom. The average Bonchev–Trinajstić information content (AvgIpc) is 3.12. The Morgan fingerprint density at radius 2 is 1.95 bits per heavy atom. The number of halogens is 5. The summed E-state index contributed by atoms with van der Waals surface area (Å²) in [7, 11) is 0. The van der Waals surface area contributed by atoms with Crippen molar-refractivity contribution in [2.45, 2.75) is 43.7 Å². The van der Waals surface area contributed by atoms with Gasteiger partial charge in [-0.25, -0.2) is 4.39 Å². The first kappa shape index (κ1) is 28.6. The van der Waals surface area contributed by atoms with Crippen molar-refractivity contribution >= 4 is 17.5 Å². The van der Waals surface area contributed by atoms with Gasteiger partial charge in [0, 0.05) is 35.8 Å². The van der Waals surface area contributed by atoms with Gasteiger partial charge in [-0.2, -0.15) is 17.6 Å². The van der Waals surface area contributed by atoms with Gasteiger partial charge < -0.3 is 30.6 Å². The minimum absolute atomic E-state index is 0.0206. The van der Waals surface area contributed by atoms with Crippen LogP contribution in [0.25, 0.3) is 0 Å². The van der Waals surface area contributed by atoms with Gasteiger partial charge in [-0.1, -0.05) is 13.0 Å². The van der Waals surface area contributed by atoms with E-state index in [4.69, 9.17) is 19.9 Å². The summed E-state index contributed by atoms with van der Waals surface area (Å²) in [5.41, 5.74) is 2.06. The van der Waals surface area contributed by atoms with Gasteiger partial charge in [0.1, 0.15) is 18.4 Å². The van der Waals surface area contributed by atoms with Crippen molar-refractivity contribution in [1.29, 1.82) is 0 Å². The summed E-state index contributed by atoms with van der Waals surface area (Å²) in [6, 6.07) is 4.37. The van der Waals surface area contributed by atoms with Crippen LogP contribution in [0, 0.1) is 17.6 Å². The minimum atomic E-state index is -4.91. The lowest BCUT2D eigenvalue weighted by atomic mass is 9.77. The number of amides is 2. The summed E-state index contributed by atoms with van der Waals surface area (Å²) in [4.78, 5) is 28.5. The number of alkyl halides is 3. The second kappa shape index (κ2) is 11.0. The number of aromatic nitrogens is 1. The molecule has 4 atom stereocenters. The lowest BCUT2D eigenvalue weighted by molar-refractivity contribution is -0.272. The maximum absolute atomic E-state index is 15.0. The number of rotatable bonds is 9. The molecule has 0 radical (unpaired) electrons. The van der Waals surface area contributed by atoms with Gasteiger partial charge >= 0.3 is 6.18 Å². The Morgan fingerprint density at radius 1 is 1.23 bits per heavy atom. The number of pyridine rings is 1. The second-order valence-electron chi connectivity index (χ2n) is 9.56. The monoisotopic (exact) mass is 558 g/mol. The van der Waals surface area contributed by atoms with E-state index in [2.05, 4.69) is 15.6 Å². The number of hydrogen-bond acceptors (Lipinski definition) is 7. The summed E-state index contributed by atoms with van der Waals surface area (Å²) in [5.74, 6) is -7.99. The van der Waals surface area contributed by atoms with E-state index < -0.39 is 58.9 Å². The van der Waals surface area contributed by atoms with Crippen LogP contribution in [0.4, 0.5) is 27.6 Å². The van der Waals surface area contributed by atoms with E-state index in [9.17, 15) is 31.5 Å². The van der Waals surface area contributed by atoms with E-state index in [1.807, 2.05) is 0 Å². The number of benzene rings is 1. The predicted molar refractivity (Wildman–Crippen MR) is 127 cm³/mol. The number of anilines is 1. The van der Waals surface area contributed by atoms with Gasteiger partial charge in [0.15, 0.2) is 17.2 Å². The third-order valence-electron chi connectivity index (χ3n) is 7.07. The van der Waals surface area contributed by atoms with Crippen LogP contribution in [0.2, 0.25) is 0 Å². The molecule has 0 bridgehead atoms. The molecule has 4 rings (SSSR count). The fourth-order valence-corrected chi connectivity index (χ4v) is 4.61. The highest BCUT2D eigenvalue weighted by molar-refractivity contribution is 5.97. The molecule has 2 saturated heterocycles. The van der Waals surface area contributed by atoms with Crippen LogP contribution in [0.15, 0.2) is 30.5 Å². The molecule has 0 aliphatic carbocycles. The third kappa shape index (κ3) is 5.68. The van der Waals surface area contributed by atoms with Crippen LogP contribution < -0.4 is 21.1 Å². The number of carbonyl (C=O) groups is 2. The number of ether oxygens (including phenoxy) is 3. The summed E-state index contributed by atoms with van der Waals surface area (Å²) in [5, 5.41) is 5.48. The molecular weight excluding hydrogens is 531 g/mol. The van der Waals surface area contributed by atoms with Crippen LogP contribution in [0.5, 0.6) is 5.75 Å². The lowest BCUT2D eigenvalue weighted by Crippen LogP contribution is -2.47. The van der Waals surface area contributed by atoms with E-state index in [0.29, 0.717) is 13.2 Å².